The van der Waals surface area contributed by atoms with Crippen molar-refractivity contribution in [1.82, 2.24) is 0 Å². The Morgan fingerprint density at radius 3 is 2.56 bits per heavy atom. The smallest absolute Gasteiger partial charge is 0.165 e. The van der Waals surface area contributed by atoms with Crippen molar-refractivity contribution >= 4 is 16.6 Å². The third kappa shape index (κ3) is 2.12. The van der Waals surface area contributed by atoms with Crippen molar-refractivity contribution < 1.29 is 9.90 Å². The van der Waals surface area contributed by atoms with Gasteiger partial charge in [-0.25, -0.2) is 0 Å². The van der Waals surface area contributed by atoms with Crippen molar-refractivity contribution in [2.75, 3.05) is 6.61 Å². The molecular formula is C14H14O2. The van der Waals surface area contributed by atoms with E-state index in [1.54, 1.807) is 0 Å². The highest BCUT2D eigenvalue weighted by Gasteiger charge is 2.05. The van der Waals surface area contributed by atoms with Gasteiger partial charge in [-0.3, -0.25) is 4.79 Å². The van der Waals surface area contributed by atoms with Gasteiger partial charge in [0.1, 0.15) is 0 Å². The molecular weight excluding hydrogens is 200 g/mol. The van der Waals surface area contributed by atoms with Crippen LogP contribution in [0.1, 0.15) is 22.3 Å². The van der Waals surface area contributed by atoms with Crippen LogP contribution in [0.3, 0.4) is 0 Å². The van der Waals surface area contributed by atoms with Crippen molar-refractivity contribution in [2.24, 2.45) is 0 Å². The molecule has 2 aromatic rings. The summed E-state index contributed by atoms with van der Waals surface area (Å²) < 4.78 is 0. The molecule has 0 aliphatic rings. The van der Waals surface area contributed by atoms with E-state index in [9.17, 15) is 4.79 Å². The fourth-order valence-electron chi connectivity index (χ4n) is 1.78. The molecule has 0 spiro atoms. The van der Waals surface area contributed by atoms with Gasteiger partial charge in [0.2, 0.25) is 0 Å². The molecule has 0 aromatic heterocycles. The molecule has 2 aromatic carbocycles. The Hall–Kier alpha value is -1.67. The number of aliphatic hydroxyl groups excluding tert-OH is 1. The summed E-state index contributed by atoms with van der Waals surface area (Å²) in [5, 5.41) is 10.9. The van der Waals surface area contributed by atoms with Crippen LogP contribution in [0.25, 0.3) is 10.8 Å². The van der Waals surface area contributed by atoms with Gasteiger partial charge in [-0.15, -0.1) is 0 Å². The topological polar surface area (TPSA) is 37.3 Å². The molecule has 16 heavy (non-hydrogen) atoms. The highest BCUT2D eigenvalue weighted by Crippen LogP contribution is 2.18. The lowest BCUT2D eigenvalue weighted by Crippen LogP contribution is -2.01. The highest BCUT2D eigenvalue weighted by atomic mass is 16.3. The quantitative estimate of drug-likeness (QED) is 0.798. The SMILES string of the molecule is Cc1ccc2cc(C(=O)CCO)ccc2c1. The summed E-state index contributed by atoms with van der Waals surface area (Å²) in [5.74, 6) is -0.00928. The number of benzene rings is 2. The van der Waals surface area contributed by atoms with Crippen LogP contribution >= 0.6 is 0 Å². The second-order valence-corrected chi connectivity index (χ2v) is 3.96. The number of carbonyl (C=O) groups excluding carboxylic acids is 1. The second-order valence-electron chi connectivity index (χ2n) is 3.96. The summed E-state index contributed by atoms with van der Waals surface area (Å²) in [6.45, 7) is 1.95. The minimum Gasteiger partial charge on any atom is -0.396 e. The number of Topliss-reactive ketones (excluding diaryl/α,β-unsaturated/α-hetero) is 1. The summed E-state index contributed by atoms with van der Waals surface area (Å²) in [6.07, 6.45) is 0.192. The van der Waals surface area contributed by atoms with Crippen LogP contribution in [-0.4, -0.2) is 17.5 Å². The molecule has 0 saturated heterocycles. The Labute approximate surface area is 94.5 Å². The molecule has 2 heteroatoms. The molecule has 0 saturated carbocycles. The summed E-state index contributed by atoms with van der Waals surface area (Å²) in [4.78, 5) is 11.6. The summed E-state index contributed by atoms with van der Waals surface area (Å²) >= 11 is 0. The number of hydrogen-bond donors (Lipinski definition) is 1. The molecule has 0 bridgehead atoms. The van der Waals surface area contributed by atoms with Crippen LogP contribution in [-0.2, 0) is 0 Å². The number of fused-ring (bicyclic) bond motifs is 1. The molecule has 82 valence electrons. The number of hydrogen-bond acceptors (Lipinski definition) is 2. The van der Waals surface area contributed by atoms with E-state index in [0.717, 1.165) is 10.8 Å². The first kappa shape index (κ1) is 10.8. The van der Waals surface area contributed by atoms with Gasteiger partial charge in [-0.2, -0.15) is 0 Å². The minimum atomic E-state index is -0.0925. The van der Waals surface area contributed by atoms with E-state index < -0.39 is 0 Å². The Bertz CT molecular complexity index is 529. The summed E-state index contributed by atoms with van der Waals surface area (Å²) in [5.41, 5.74) is 1.88. The van der Waals surface area contributed by atoms with Crippen LogP contribution < -0.4 is 0 Å². The minimum absolute atomic E-state index is 0.00928. The molecule has 2 nitrogen and oxygen atoms in total. The van der Waals surface area contributed by atoms with Crippen molar-refractivity contribution in [2.45, 2.75) is 13.3 Å². The molecule has 0 unspecified atom stereocenters. The van der Waals surface area contributed by atoms with E-state index in [2.05, 4.69) is 6.07 Å². The van der Waals surface area contributed by atoms with Gasteiger partial charge in [0.05, 0.1) is 6.61 Å². The molecule has 0 radical (unpaired) electrons. The molecule has 1 N–H and O–H groups in total. The Morgan fingerprint density at radius 2 is 1.81 bits per heavy atom. The first-order chi connectivity index (χ1) is 7.70. The molecule has 0 atom stereocenters. The standard InChI is InChI=1S/C14H14O2/c1-10-2-3-12-9-13(14(16)6-7-15)5-4-11(12)8-10/h2-5,8-9,15H,6-7H2,1H3. The zero-order chi connectivity index (χ0) is 11.5. The van der Waals surface area contributed by atoms with Crippen molar-refractivity contribution in [3.63, 3.8) is 0 Å². The maximum absolute atomic E-state index is 11.6. The highest BCUT2D eigenvalue weighted by molar-refractivity contribution is 6.00. The Balaban J connectivity index is 2.44. The predicted molar refractivity (Wildman–Crippen MR) is 64.7 cm³/mol. The third-order valence-corrected chi connectivity index (χ3v) is 2.66. The monoisotopic (exact) mass is 214 g/mol. The van der Waals surface area contributed by atoms with Crippen LogP contribution in [0.4, 0.5) is 0 Å². The maximum atomic E-state index is 11.6. The number of aliphatic hydroxyl groups is 1. The fourth-order valence-corrected chi connectivity index (χ4v) is 1.78. The molecule has 2 rings (SSSR count). The van der Waals surface area contributed by atoms with E-state index in [4.69, 9.17) is 5.11 Å². The van der Waals surface area contributed by atoms with Gasteiger partial charge < -0.3 is 5.11 Å². The van der Waals surface area contributed by atoms with E-state index in [0.29, 0.717) is 5.56 Å². The van der Waals surface area contributed by atoms with Gasteiger partial charge in [0.25, 0.3) is 0 Å². The Morgan fingerprint density at radius 1 is 1.12 bits per heavy atom. The van der Waals surface area contributed by atoms with Gasteiger partial charge in [0.15, 0.2) is 5.78 Å². The predicted octanol–water partition coefficient (Wildman–Crippen LogP) is 2.71. The summed E-state index contributed by atoms with van der Waals surface area (Å²) in [7, 11) is 0. The van der Waals surface area contributed by atoms with Gasteiger partial charge in [-0.1, -0.05) is 35.9 Å². The van der Waals surface area contributed by atoms with Crippen LogP contribution in [0.2, 0.25) is 0 Å². The lowest BCUT2D eigenvalue weighted by Gasteiger charge is -2.03. The first-order valence-corrected chi connectivity index (χ1v) is 5.35. The van der Waals surface area contributed by atoms with Crippen molar-refractivity contribution in [3.8, 4) is 0 Å². The molecule has 0 aliphatic carbocycles. The van der Waals surface area contributed by atoms with Gasteiger partial charge >= 0.3 is 0 Å². The number of rotatable bonds is 3. The van der Waals surface area contributed by atoms with Gasteiger partial charge in [0, 0.05) is 12.0 Å². The van der Waals surface area contributed by atoms with Crippen LogP contribution in [0.15, 0.2) is 36.4 Å². The molecule has 0 aliphatic heterocycles. The number of aryl methyl sites for hydroxylation is 1. The lowest BCUT2D eigenvalue weighted by molar-refractivity contribution is 0.0957. The van der Waals surface area contributed by atoms with E-state index >= 15 is 0 Å². The second kappa shape index (κ2) is 4.45. The largest absolute Gasteiger partial charge is 0.396 e. The normalized spacial score (nSPS) is 10.6. The first-order valence-electron chi connectivity index (χ1n) is 5.35. The Kier molecular flexibility index (Phi) is 3.02. The average molecular weight is 214 g/mol. The van der Waals surface area contributed by atoms with Crippen LogP contribution in [0.5, 0.6) is 0 Å². The van der Waals surface area contributed by atoms with Gasteiger partial charge in [-0.05, 0) is 23.8 Å². The molecule has 0 amide bonds. The van der Waals surface area contributed by atoms with E-state index in [1.165, 1.54) is 5.56 Å². The molecule has 0 fully saturated rings. The van der Waals surface area contributed by atoms with E-state index in [-0.39, 0.29) is 18.8 Å². The third-order valence-electron chi connectivity index (χ3n) is 2.66. The zero-order valence-electron chi connectivity index (χ0n) is 9.23. The number of carbonyl (C=O) groups is 1. The summed E-state index contributed by atoms with van der Waals surface area (Å²) in [6, 6.07) is 11.8. The lowest BCUT2D eigenvalue weighted by atomic mass is 10.0. The maximum Gasteiger partial charge on any atom is 0.165 e. The van der Waals surface area contributed by atoms with Crippen LogP contribution in [0, 0.1) is 6.92 Å². The van der Waals surface area contributed by atoms with E-state index in [1.807, 2.05) is 37.3 Å². The zero-order valence-corrected chi connectivity index (χ0v) is 9.23. The average Bonchev–Trinajstić information content (AvgIpc) is 2.28. The number of ketones is 1. The fraction of sp³-hybridized carbons (Fsp3) is 0.214. The van der Waals surface area contributed by atoms with Crippen molar-refractivity contribution in [1.29, 1.82) is 0 Å². The van der Waals surface area contributed by atoms with Crippen molar-refractivity contribution in [3.05, 3.63) is 47.5 Å². The molecule has 0 heterocycles.